The Morgan fingerprint density at radius 3 is 2.75 bits per heavy atom. The number of aliphatic imine (C=N–C) groups is 1. The monoisotopic (exact) mass is 441 g/mol. The smallest absolute Gasteiger partial charge is 0.181 e. The number of imidazole rings is 1. The molecule has 4 aromatic rings. The fourth-order valence-electron chi connectivity index (χ4n) is 3.44. The van der Waals surface area contributed by atoms with Crippen molar-refractivity contribution in [2.24, 2.45) is 4.99 Å². The maximum absolute atomic E-state index is 5.48. The van der Waals surface area contributed by atoms with Gasteiger partial charge in [0.05, 0.1) is 35.5 Å². The van der Waals surface area contributed by atoms with Crippen LogP contribution in [0.2, 0.25) is 0 Å². The molecule has 0 unspecified atom stereocenters. The van der Waals surface area contributed by atoms with Crippen LogP contribution in [0.4, 0.5) is 0 Å². The molecule has 1 aliphatic rings. The minimum absolute atomic E-state index is 0.451. The molecule has 0 radical (unpaired) electrons. The first-order valence-electron chi connectivity index (χ1n) is 10.2. The Morgan fingerprint density at radius 1 is 1.16 bits per heavy atom. The van der Waals surface area contributed by atoms with Crippen molar-refractivity contribution in [3.63, 3.8) is 0 Å². The van der Waals surface area contributed by atoms with Gasteiger partial charge < -0.3 is 4.42 Å². The number of rotatable bonds is 2. The average molecular weight is 442 g/mol. The van der Waals surface area contributed by atoms with Gasteiger partial charge in [-0.3, -0.25) is 14.5 Å². The number of thioether (sulfide) groups is 1. The third-order valence-electron chi connectivity index (χ3n) is 4.75. The highest BCUT2D eigenvalue weighted by Crippen LogP contribution is 2.30. The number of aromatic nitrogens is 4. The van der Waals surface area contributed by atoms with Gasteiger partial charge in [-0.2, -0.15) is 11.8 Å². The standard InChI is InChI=1S/C23H17N5O.C2H6S/c1-2-3-6-16-8-9-19-17(11-16)22(18-7-4-5-10-25-18)26-12-20-23(27-14-28(19)20)21-13-24-15-29-21;1-3-2/h4-5,7-11,13-15H,2,12H2,1H3;1-2H3. The minimum Gasteiger partial charge on any atom is -0.442 e. The summed E-state index contributed by atoms with van der Waals surface area (Å²) in [5, 5.41) is 0. The van der Waals surface area contributed by atoms with Crippen LogP contribution in [-0.2, 0) is 6.54 Å². The van der Waals surface area contributed by atoms with Crippen molar-refractivity contribution in [3.05, 3.63) is 84.0 Å². The Hall–Kier alpha value is -3.63. The third-order valence-corrected chi connectivity index (χ3v) is 4.75. The summed E-state index contributed by atoms with van der Waals surface area (Å²) in [6, 6.07) is 12.0. The number of benzene rings is 1. The lowest BCUT2D eigenvalue weighted by Gasteiger charge is -2.12. The fourth-order valence-corrected chi connectivity index (χ4v) is 3.44. The summed E-state index contributed by atoms with van der Waals surface area (Å²) in [6.07, 6.45) is 11.6. The van der Waals surface area contributed by atoms with Crippen LogP contribution in [0.25, 0.3) is 17.1 Å². The van der Waals surface area contributed by atoms with Gasteiger partial charge in [-0.15, -0.1) is 0 Å². The van der Waals surface area contributed by atoms with Gasteiger partial charge in [0.1, 0.15) is 12.0 Å². The van der Waals surface area contributed by atoms with Crippen LogP contribution in [0.5, 0.6) is 0 Å². The molecule has 0 saturated heterocycles. The fraction of sp³-hybridized carbons (Fsp3) is 0.200. The lowest BCUT2D eigenvalue weighted by atomic mass is 10.0. The molecule has 0 saturated carbocycles. The third kappa shape index (κ3) is 4.36. The Kier molecular flexibility index (Phi) is 6.83. The lowest BCUT2D eigenvalue weighted by Crippen LogP contribution is -2.09. The molecule has 7 heteroatoms. The molecule has 160 valence electrons. The molecule has 5 rings (SSSR count). The number of pyridine rings is 1. The number of fused-ring (bicyclic) bond motifs is 3. The van der Waals surface area contributed by atoms with Crippen LogP contribution in [0.1, 0.15) is 35.9 Å². The van der Waals surface area contributed by atoms with E-state index in [1.54, 1.807) is 30.5 Å². The van der Waals surface area contributed by atoms with Crippen molar-refractivity contribution in [2.45, 2.75) is 19.9 Å². The highest BCUT2D eigenvalue weighted by molar-refractivity contribution is 7.97. The van der Waals surface area contributed by atoms with Gasteiger partial charge in [-0.05, 0) is 42.8 Å². The van der Waals surface area contributed by atoms with Crippen molar-refractivity contribution in [1.29, 1.82) is 0 Å². The largest absolute Gasteiger partial charge is 0.442 e. The van der Waals surface area contributed by atoms with E-state index < -0.39 is 0 Å². The van der Waals surface area contributed by atoms with Gasteiger partial charge in [0.25, 0.3) is 0 Å². The normalized spacial score (nSPS) is 11.7. The van der Waals surface area contributed by atoms with Crippen molar-refractivity contribution >= 4 is 17.5 Å². The second kappa shape index (κ2) is 10.1. The van der Waals surface area contributed by atoms with Gasteiger partial charge in [0.2, 0.25) is 0 Å². The van der Waals surface area contributed by atoms with Crippen LogP contribution >= 0.6 is 11.8 Å². The highest BCUT2D eigenvalue weighted by Gasteiger charge is 2.24. The van der Waals surface area contributed by atoms with Crippen LogP contribution in [-0.4, -0.2) is 37.7 Å². The van der Waals surface area contributed by atoms with E-state index in [0.29, 0.717) is 12.3 Å². The molecule has 0 fully saturated rings. The van der Waals surface area contributed by atoms with Gasteiger partial charge >= 0.3 is 0 Å². The second-order valence-corrected chi connectivity index (χ2v) is 7.77. The molecule has 0 bridgehead atoms. The molecular formula is C25H23N5OS. The molecule has 0 atom stereocenters. The molecule has 0 N–H and O–H groups in total. The van der Waals surface area contributed by atoms with E-state index in [2.05, 4.69) is 43.5 Å². The van der Waals surface area contributed by atoms with Crippen LogP contribution < -0.4 is 0 Å². The topological polar surface area (TPSA) is 69.1 Å². The van der Waals surface area contributed by atoms with Crippen molar-refractivity contribution in [2.75, 3.05) is 12.5 Å². The maximum Gasteiger partial charge on any atom is 0.181 e. The summed E-state index contributed by atoms with van der Waals surface area (Å²) < 4.78 is 7.54. The Labute approximate surface area is 191 Å². The summed E-state index contributed by atoms with van der Waals surface area (Å²) in [5.41, 5.74) is 6.28. The predicted molar refractivity (Wildman–Crippen MR) is 129 cm³/mol. The van der Waals surface area contributed by atoms with E-state index in [-0.39, 0.29) is 0 Å². The lowest BCUT2D eigenvalue weighted by molar-refractivity contribution is 0.569. The zero-order valence-electron chi connectivity index (χ0n) is 18.2. The number of nitrogens with zero attached hydrogens (tertiary/aromatic N) is 5. The molecule has 6 nitrogen and oxygen atoms in total. The predicted octanol–water partition coefficient (Wildman–Crippen LogP) is 5.01. The Bertz CT molecular complexity index is 1280. The van der Waals surface area contributed by atoms with E-state index in [9.17, 15) is 0 Å². The quantitative estimate of drug-likeness (QED) is 0.409. The molecule has 4 heterocycles. The summed E-state index contributed by atoms with van der Waals surface area (Å²) >= 11 is 1.75. The molecule has 32 heavy (non-hydrogen) atoms. The molecule has 3 aromatic heterocycles. The number of hydrogen-bond acceptors (Lipinski definition) is 6. The first-order chi connectivity index (χ1) is 15.8. The molecule has 1 aromatic carbocycles. The Morgan fingerprint density at radius 2 is 2.03 bits per heavy atom. The number of oxazole rings is 1. The highest BCUT2D eigenvalue weighted by atomic mass is 32.2. The van der Waals surface area contributed by atoms with E-state index in [0.717, 1.165) is 46.0 Å². The first-order valence-corrected chi connectivity index (χ1v) is 11.8. The minimum atomic E-state index is 0.451. The van der Waals surface area contributed by atoms with Crippen LogP contribution in [0.15, 0.2) is 70.9 Å². The van der Waals surface area contributed by atoms with Gasteiger partial charge in [-0.1, -0.05) is 24.8 Å². The van der Waals surface area contributed by atoms with E-state index in [1.165, 1.54) is 6.39 Å². The second-order valence-electron chi connectivity index (χ2n) is 6.95. The van der Waals surface area contributed by atoms with Crippen LogP contribution in [0, 0.1) is 11.8 Å². The van der Waals surface area contributed by atoms with Crippen molar-refractivity contribution in [3.8, 4) is 29.0 Å². The van der Waals surface area contributed by atoms with Gasteiger partial charge in [-0.25, -0.2) is 9.97 Å². The molecule has 1 aliphatic heterocycles. The van der Waals surface area contributed by atoms with E-state index in [1.807, 2.05) is 43.7 Å². The summed E-state index contributed by atoms with van der Waals surface area (Å²) in [4.78, 5) is 18.0. The summed E-state index contributed by atoms with van der Waals surface area (Å²) in [6.45, 7) is 2.49. The van der Waals surface area contributed by atoms with Crippen LogP contribution in [0.3, 0.4) is 0 Å². The molecule has 0 spiro atoms. The first kappa shape index (κ1) is 21.6. The van der Waals surface area contributed by atoms with E-state index >= 15 is 0 Å². The van der Waals surface area contributed by atoms with Gasteiger partial charge in [0, 0.05) is 23.7 Å². The number of hydrogen-bond donors (Lipinski definition) is 0. The molecule has 0 aliphatic carbocycles. The van der Waals surface area contributed by atoms with Crippen molar-refractivity contribution in [1.82, 2.24) is 19.5 Å². The SMILES string of the molecule is CCC#Cc1ccc2c(c1)C(c1ccccn1)=NCc1c(-c3cnco3)ncn1-2.CSC. The average Bonchev–Trinajstić information content (AvgIpc) is 3.46. The zero-order chi connectivity index (χ0) is 22.3. The van der Waals surface area contributed by atoms with E-state index in [4.69, 9.17) is 9.41 Å². The zero-order valence-corrected chi connectivity index (χ0v) is 19.1. The summed E-state index contributed by atoms with van der Waals surface area (Å²) in [7, 11) is 0. The van der Waals surface area contributed by atoms with Crippen molar-refractivity contribution < 1.29 is 4.42 Å². The summed E-state index contributed by atoms with van der Waals surface area (Å²) in [5.74, 6) is 6.98. The Balaban J connectivity index is 0.000000775. The van der Waals surface area contributed by atoms with Gasteiger partial charge in [0.15, 0.2) is 12.2 Å². The molecular weight excluding hydrogens is 418 g/mol. The molecule has 0 amide bonds. The maximum atomic E-state index is 5.48.